The molecule has 0 radical (unpaired) electrons. The number of aromatic nitrogens is 3. The molecule has 1 amide bonds. The summed E-state index contributed by atoms with van der Waals surface area (Å²) in [5, 5.41) is 0. The van der Waals surface area contributed by atoms with E-state index in [0.29, 0.717) is 23.7 Å². The number of rotatable bonds is 4. The largest absolute Gasteiger partial charge is 0.383 e. The average molecular weight is 298 g/mol. The minimum absolute atomic E-state index is 0.0351. The first-order chi connectivity index (χ1) is 10.8. The third-order valence-corrected chi connectivity index (χ3v) is 3.79. The maximum absolute atomic E-state index is 12.6. The smallest absolute Gasteiger partial charge is 0.257 e. The third kappa shape index (κ3) is 2.96. The Balaban J connectivity index is 1.76. The number of methoxy groups -OCH3 is 1. The molecule has 6 nitrogen and oxygen atoms in total. The number of likely N-dealkylation sites (tertiary alicyclic amines) is 1. The zero-order valence-corrected chi connectivity index (χ0v) is 12.5. The van der Waals surface area contributed by atoms with Crippen LogP contribution in [0.25, 0.3) is 11.5 Å². The summed E-state index contributed by atoms with van der Waals surface area (Å²) in [6.45, 7) is 1.33. The van der Waals surface area contributed by atoms with E-state index in [9.17, 15) is 4.79 Å². The van der Waals surface area contributed by atoms with Crippen LogP contribution in [0.15, 0.2) is 36.8 Å². The summed E-state index contributed by atoms with van der Waals surface area (Å²) in [4.78, 5) is 27.1. The molecule has 1 aliphatic heterocycles. The quantitative estimate of drug-likeness (QED) is 0.861. The molecule has 1 fully saturated rings. The molecule has 3 rings (SSSR count). The van der Waals surface area contributed by atoms with Crippen LogP contribution in [-0.2, 0) is 4.74 Å². The van der Waals surface area contributed by atoms with Crippen molar-refractivity contribution in [1.29, 1.82) is 0 Å². The Morgan fingerprint density at radius 1 is 1.32 bits per heavy atom. The highest BCUT2D eigenvalue weighted by atomic mass is 16.5. The zero-order valence-electron chi connectivity index (χ0n) is 12.5. The molecular formula is C16H18N4O2. The molecule has 114 valence electrons. The van der Waals surface area contributed by atoms with E-state index >= 15 is 0 Å². The molecule has 2 aromatic heterocycles. The third-order valence-electron chi connectivity index (χ3n) is 3.79. The highest BCUT2D eigenvalue weighted by Crippen LogP contribution is 2.20. The van der Waals surface area contributed by atoms with Gasteiger partial charge in [-0.05, 0) is 25.0 Å². The molecule has 2 aromatic rings. The lowest BCUT2D eigenvalue weighted by Crippen LogP contribution is -2.38. The molecule has 0 N–H and O–H groups in total. The van der Waals surface area contributed by atoms with E-state index in [1.165, 1.54) is 0 Å². The predicted molar refractivity (Wildman–Crippen MR) is 81.2 cm³/mol. The number of carbonyl (C=O) groups is 1. The van der Waals surface area contributed by atoms with Gasteiger partial charge in [0.25, 0.3) is 5.91 Å². The molecule has 0 spiro atoms. The molecule has 0 aromatic carbocycles. The first-order valence-corrected chi connectivity index (χ1v) is 7.33. The van der Waals surface area contributed by atoms with Gasteiger partial charge in [0.05, 0.1) is 18.2 Å². The molecular weight excluding hydrogens is 280 g/mol. The van der Waals surface area contributed by atoms with Crippen molar-refractivity contribution in [3.8, 4) is 11.5 Å². The van der Waals surface area contributed by atoms with E-state index in [1.807, 2.05) is 23.1 Å². The number of amides is 1. The van der Waals surface area contributed by atoms with Gasteiger partial charge >= 0.3 is 0 Å². The Labute approximate surface area is 129 Å². The summed E-state index contributed by atoms with van der Waals surface area (Å²) in [5.74, 6) is 0.485. The molecule has 3 heterocycles. The van der Waals surface area contributed by atoms with Crippen molar-refractivity contribution in [2.75, 3.05) is 20.3 Å². The van der Waals surface area contributed by atoms with Crippen LogP contribution >= 0.6 is 0 Å². The van der Waals surface area contributed by atoms with Gasteiger partial charge in [-0.3, -0.25) is 9.78 Å². The number of hydrogen-bond donors (Lipinski definition) is 0. The van der Waals surface area contributed by atoms with Crippen molar-refractivity contribution >= 4 is 5.91 Å². The lowest BCUT2D eigenvalue weighted by atomic mass is 10.2. The zero-order chi connectivity index (χ0) is 15.4. The Morgan fingerprint density at radius 3 is 2.82 bits per heavy atom. The second-order valence-corrected chi connectivity index (χ2v) is 5.26. The van der Waals surface area contributed by atoms with E-state index in [0.717, 1.165) is 19.4 Å². The monoisotopic (exact) mass is 298 g/mol. The SMILES string of the molecule is COC[C@@H]1CCCN1C(=O)c1cnc(-c2ccccn2)nc1. The highest BCUT2D eigenvalue weighted by molar-refractivity contribution is 5.94. The van der Waals surface area contributed by atoms with Crippen molar-refractivity contribution in [2.45, 2.75) is 18.9 Å². The molecule has 0 saturated carbocycles. The van der Waals surface area contributed by atoms with Crippen LogP contribution in [0.1, 0.15) is 23.2 Å². The number of hydrogen-bond acceptors (Lipinski definition) is 5. The Bertz CT molecular complexity index is 630. The summed E-state index contributed by atoms with van der Waals surface area (Å²) in [5.41, 5.74) is 1.20. The van der Waals surface area contributed by atoms with Gasteiger partial charge in [-0.2, -0.15) is 0 Å². The molecule has 1 atom stereocenters. The van der Waals surface area contributed by atoms with Crippen molar-refractivity contribution in [2.24, 2.45) is 0 Å². The van der Waals surface area contributed by atoms with E-state index in [4.69, 9.17) is 4.74 Å². The standard InChI is InChI=1S/C16H18N4O2/c1-22-11-13-5-4-8-20(13)16(21)12-9-18-15(19-10-12)14-6-2-3-7-17-14/h2-3,6-7,9-10,13H,4-5,8,11H2,1H3/t13-/m0/s1. The van der Waals surface area contributed by atoms with Crippen molar-refractivity contribution < 1.29 is 9.53 Å². The topological polar surface area (TPSA) is 68.2 Å². The maximum Gasteiger partial charge on any atom is 0.257 e. The van der Waals surface area contributed by atoms with Gasteiger partial charge < -0.3 is 9.64 Å². The maximum atomic E-state index is 12.6. The fraction of sp³-hybridized carbons (Fsp3) is 0.375. The lowest BCUT2D eigenvalue weighted by Gasteiger charge is -2.23. The van der Waals surface area contributed by atoms with E-state index < -0.39 is 0 Å². The minimum Gasteiger partial charge on any atom is -0.383 e. The summed E-state index contributed by atoms with van der Waals surface area (Å²) in [7, 11) is 1.66. The van der Waals surface area contributed by atoms with Gasteiger partial charge in [-0.25, -0.2) is 9.97 Å². The van der Waals surface area contributed by atoms with E-state index in [2.05, 4.69) is 15.0 Å². The van der Waals surface area contributed by atoms with Gasteiger partial charge in [-0.1, -0.05) is 6.07 Å². The summed E-state index contributed by atoms with van der Waals surface area (Å²) in [6, 6.07) is 5.70. The van der Waals surface area contributed by atoms with Gasteiger partial charge in [0.1, 0.15) is 5.69 Å². The summed E-state index contributed by atoms with van der Waals surface area (Å²) in [6.07, 6.45) is 6.82. The molecule has 0 unspecified atom stereocenters. The summed E-state index contributed by atoms with van der Waals surface area (Å²) >= 11 is 0. The van der Waals surface area contributed by atoms with Crippen LogP contribution in [0.5, 0.6) is 0 Å². The minimum atomic E-state index is -0.0351. The molecule has 1 saturated heterocycles. The first-order valence-electron chi connectivity index (χ1n) is 7.33. The van der Waals surface area contributed by atoms with Crippen molar-refractivity contribution in [3.63, 3.8) is 0 Å². The predicted octanol–water partition coefficient (Wildman–Crippen LogP) is 1.79. The van der Waals surface area contributed by atoms with Crippen LogP contribution < -0.4 is 0 Å². The molecule has 22 heavy (non-hydrogen) atoms. The van der Waals surface area contributed by atoms with Gasteiger partial charge in [-0.15, -0.1) is 0 Å². The molecule has 6 heteroatoms. The van der Waals surface area contributed by atoms with Gasteiger partial charge in [0.2, 0.25) is 0 Å². The van der Waals surface area contributed by atoms with Gasteiger partial charge in [0.15, 0.2) is 5.82 Å². The van der Waals surface area contributed by atoms with Crippen LogP contribution in [0.3, 0.4) is 0 Å². The fourth-order valence-electron chi connectivity index (χ4n) is 2.70. The van der Waals surface area contributed by atoms with Crippen LogP contribution in [0, 0.1) is 0 Å². The summed E-state index contributed by atoms with van der Waals surface area (Å²) < 4.78 is 5.19. The van der Waals surface area contributed by atoms with Gasteiger partial charge in [0, 0.05) is 32.2 Å². The van der Waals surface area contributed by atoms with Crippen LogP contribution in [-0.4, -0.2) is 52.1 Å². The molecule has 1 aliphatic rings. The van der Waals surface area contributed by atoms with Crippen molar-refractivity contribution in [1.82, 2.24) is 19.9 Å². The van der Waals surface area contributed by atoms with Crippen molar-refractivity contribution in [3.05, 3.63) is 42.4 Å². The fourth-order valence-corrected chi connectivity index (χ4v) is 2.70. The highest BCUT2D eigenvalue weighted by Gasteiger charge is 2.29. The number of pyridine rings is 1. The number of carbonyl (C=O) groups excluding carboxylic acids is 1. The Morgan fingerprint density at radius 2 is 2.14 bits per heavy atom. The average Bonchev–Trinajstić information content (AvgIpc) is 3.04. The first kappa shape index (κ1) is 14.6. The second kappa shape index (κ2) is 6.62. The second-order valence-electron chi connectivity index (χ2n) is 5.26. The number of nitrogens with zero attached hydrogens (tertiary/aromatic N) is 4. The lowest BCUT2D eigenvalue weighted by molar-refractivity contribution is 0.0630. The normalized spacial score (nSPS) is 17.7. The Kier molecular flexibility index (Phi) is 4.39. The molecule has 0 bridgehead atoms. The van der Waals surface area contributed by atoms with Crippen LogP contribution in [0.4, 0.5) is 0 Å². The van der Waals surface area contributed by atoms with E-state index in [1.54, 1.807) is 25.7 Å². The molecule has 0 aliphatic carbocycles. The Hall–Kier alpha value is -2.34. The van der Waals surface area contributed by atoms with E-state index in [-0.39, 0.29) is 11.9 Å². The number of ether oxygens (including phenoxy) is 1. The van der Waals surface area contributed by atoms with Crippen LogP contribution in [0.2, 0.25) is 0 Å².